The molecule has 1 N–H and O–H groups in total. The zero-order valence-corrected chi connectivity index (χ0v) is 22.6. The largest absolute Gasteiger partial charge is 0.487 e. The van der Waals surface area contributed by atoms with E-state index in [1.165, 1.54) is 0 Å². The topological polar surface area (TPSA) is 63.8 Å². The first-order valence-electron chi connectivity index (χ1n) is 9.28. The van der Waals surface area contributed by atoms with Crippen LogP contribution in [-0.4, -0.2) is 12.1 Å². The minimum absolute atomic E-state index is 0.189. The van der Waals surface area contributed by atoms with Crippen LogP contribution in [0.5, 0.6) is 5.75 Å². The minimum atomic E-state index is -0.429. The second kappa shape index (κ2) is 10.3. The number of fused-ring (bicyclic) bond motifs is 1. The van der Waals surface area contributed by atoms with Crippen molar-refractivity contribution in [3.8, 4) is 5.75 Å². The number of benzene rings is 3. The van der Waals surface area contributed by atoms with E-state index >= 15 is 0 Å². The average Bonchev–Trinajstić information content (AvgIpc) is 3.18. The second-order valence-electron chi connectivity index (χ2n) is 6.72. The van der Waals surface area contributed by atoms with E-state index in [1.807, 2.05) is 48.5 Å². The SMILES string of the molecule is O=C(N/N=C/c1cc(Br)c(OCc2ccc(Br)cc2)c(Br)c1)c1cc2cc(Br)ccc2o1. The third kappa shape index (κ3) is 5.70. The molecule has 5 nitrogen and oxygen atoms in total. The molecule has 0 aliphatic carbocycles. The summed E-state index contributed by atoms with van der Waals surface area (Å²) >= 11 is 13.9. The molecular weight excluding hydrogens is 672 g/mol. The van der Waals surface area contributed by atoms with E-state index in [9.17, 15) is 4.79 Å². The molecule has 32 heavy (non-hydrogen) atoms. The van der Waals surface area contributed by atoms with Crippen molar-refractivity contribution in [1.29, 1.82) is 0 Å². The Morgan fingerprint density at radius 3 is 2.34 bits per heavy atom. The molecule has 4 aromatic rings. The first kappa shape index (κ1) is 23.2. The van der Waals surface area contributed by atoms with E-state index < -0.39 is 5.91 Å². The number of rotatable bonds is 6. The summed E-state index contributed by atoms with van der Waals surface area (Å²) in [6.45, 7) is 0.433. The van der Waals surface area contributed by atoms with Crippen LogP contribution in [0.25, 0.3) is 11.0 Å². The molecule has 162 valence electrons. The number of carbonyl (C=O) groups is 1. The quantitative estimate of drug-likeness (QED) is 0.166. The molecule has 0 bridgehead atoms. The molecule has 0 radical (unpaired) electrons. The summed E-state index contributed by atoms with van der Waals surface area (Å²) in [7, 11) is 0. The van der Waals surface area contributed by atoms with Crippen molar-refractivity contribution in [2.45, 2.75) is 6.61 Å². The van der Waals surface area contributed by atoms with Gasteiger partial charge in [-0.05, 0) is 91.5 Å². The Morgan fingerprint density at radius 1 is 0.938 bits per heavy atom. The van der Waals surface area contributed by atoms with Gasteiger partial charge in [0.2, 0.25) is 0 Å². The Morgan fingerprint density at radius 2 is 1.62 bits per heavy atom. The molecular formula is C23H14Br4N2O3. The van der Waals surface area contributed by atoms with Gasteiger partial charge in [-0.15, -0.1) is 0 Å². The van der Waals surface area contributed by atoms with Gasteiger partial charge >= 0.3 is 5.91 Å². The van der Waals surface area contributed by atoms with Crippen molar-refractivity contribution in [3.63, 3.8) is 0 Å². The molecule has 0 fully saturated rings. The first-order valence-corrected chi connectivity index (χ1v) is 12.4. The molecule has 0 saturated heterocycles. The lowest BCUT2D eigenvalue weighted by Crippen LogP contribution is -2.16. The number of carbonyl (C=O) groups excluding carboxylic acids is 1. The minimum Gasteiger partial charge on any atom is -0.487 e. The van der Waals surface area contributed by atoms with Crippen LogP contribution in [0.15, 0.2) is 88.1 Å². The normalized spacial score (nSPS) is 11.2. The van der Waals surface area contributed by atoms with Gasteiger partial charge in [0.15, 0.2) is 5.76 Å². The Kier molecular flexibility index (Phi) is 7.50. The standard InChI is InChI=1S/C23H14Br4N2O3/c24-16-3-1-13(2-4-16)12-31-22-18(26)7-14(8-19(22)27)11-28-29-23(30)21-10-15-9-17(25)5-6-20(15)32-21/h1-11H,12H2,(H,29,30)/b28-11+. The maximum Gasteiger partial charge on any atom is 0.307 e. The second-order valence-corrected chi connectivity index (χ2v) is 10.3. The van der Waals surface area contributed by atoms with Crippen molar-refractivity contribution in [1.82, 2.24) is 5.43 Å². The summed E-state index contributed by atoms with van der Waals surface area (Å²) in [5.41, 5.74) is 4.95. The van der Waals surface area contributed by atoms with E-state index in [2.05, 4.69) is 74.2 Å². The summed E-state index contributed by atoms with van der Waals surface area (Å²) < 4.78 is 15.0. The van der Waals surface area contributed by atoms with E-state index in [0.29, 0.717) is 17.9 Å². The van der Waals surface area contributed by atoms with Crippen LogP contribution in [-0.2, 0) is 6.61 Å². The fraction of sp³-hybridized carbons (Fsp3) is 0.0435. The molecule has 4 rings (SSSR count). The number of hydrogen-bond acceptors (Lipinski definition) is 4. The monoisotopic (exact) mass is 682 g/mol. The molecule has 0 saturated carbocycles. The number of amides is 1. The summed E-state index contributed by atoms with van der Waals surface area (Å²) in [6, 6.07) is 18.9. The number of halogens is 4. The molecule has 3 aromatic carbocycles. The molecule has 0 aliphatic heterocycles. The lowest BCUT2D eigenvalue weighted by molar-refractivity contribution is 0.0929. The van der Waals surface area contributed by atoms with Gasteiger partial charge in [-0.1, -0.05) is 44.0 Å². The maximum atomic E-state index is 12.3. The van der Waals surface area contributed by atoms with Crippen LogP contribution in [0.4, 0.5) is 0 Å². The third-order valence-corrected chi connectivity index (χ3v) is 6.60. The maximum absolute atomic E-state index is 12.3. The van der Waals surface area contributed by atoms with Gasteiger partial charge in [0.05, 0.1) is 15.2 Å². The van der Waals surface area contributed by atoms with Crippen molar-refractivity contribution >= 4 is 86.8 Å². The molecule has 0 aliphatic rings. The van der Waals surface area contributed by atoms with Crippen molar-refractivity contribution in [2.24, 2.45) is 5.10 Å². The molecule has 1 aromatic heterocycles. The predicted molar refractivity (Wildman–Crippen MR) is 139 cm³/mol. The molecule has 0 spiro atoms. The van der Waals surface area contributed by atoms with Gasteiger partial charge in [-0.3, -0.25) is 4.79 Å². The molecule has 1 heterocycles. The fourth-order valence-electron chi connectivity index (χ4n) is 2.87. The number of hydrazone groups is 1. The molecule has 0 atom stereocenters. The van der Waals surface area contributed by atoms with E-state index in [-0.39, 0.29) is 5.76 Å². The highest BCUT2D eigenvalue weighted by atomic mass is 79.9. The highest BCUT2D eigenvalue weighted by Gasteiger charge is 2.12. The molecule has 1 amide bonds. The Balaban J connectivity index is 1.41. The summed E-state index contributed by atoms with van der Waals surface area (Å²) in [6.07, 6.45) is 1.55. The predicted octanol–water partition coefficient (Wildman–Crippen LogP) is 7.83. The zero-order chi connectivity index (χ0) is 22.7. The Hall–Kier alpha value is -1.94. The lowest BCUT2D eigenvalue weighted by atomic mass is 10.2. The highest BCUT2D eigenvalue weighted by molar-refractivity contribution is 9.11. The first-order chi connectivity index (χ1) is 15.4. The number of nitrogens with one attached hydrogen (secondary N) is 1. The van der Waals surface area contributed by atoms with Crippen LogP contribution >= 0.6 is 63.7 Å². The fourth-order valence-corrected chi connectivity index (χ4v) is 4.97. The Bertz CT molecular complexity index is 1290. The van der Waals surface area contributed by atoms with Crippen LogP contribution in [0, 0.1) is 0 Å². The average molecular weight is 686 g/mol. The Labute approximate surface area is 217 Å². The van der Waals surface area contributed by atoms with Gasteiger partial charge in [0.1, 0.15) is 17.9 Å². The van der Waals surface area contributed by atoms with Gasteiger partial charge in [-0.2, -0.15) is 5.10 Å². The van der Waals surface area contributed by atoms with Gasteiger partial charge in [0.25, 0.3) is 0 Å². The zero-order valence-electron chi connectivity index (χ0n) is 16.2. The van der Waals surface area contributed by atoms with Crippen molar-refractivity contribution < 1.29 is 13.9 Å². The van der Waals surface area contributed by atoms with E-state index in [1.54, 1.807) is 18.3 Å². The summed E-state index contributed by atoms with van der Waals surface area (Å²) in [5, 5.41) is 4.87. The summed E-state index contributed by atoms with van der Waals surface area (Å²) in [5.74, 6) is 0.443. The smallest absolute Gasteiger partial charge is 0.307 e. The number of furan rings is 1. The summed E-state index contributed by atoms with van der Waals surface area (Å²) in [4.78, 5) is 12.3. The highest BCUT2D eigenvalue weighted by Crippen LogP contribution is 2.35. The van der Waals surface area contributed by atoms with Gasteiger partial charge in [-0.25, -0.2) is 5.43 Å². The number of hydrogen-bond donors (Lipinski definition) is 1. The molecule has 9 heteroatoms. The molecule has 0 unspecified atom stereocenters. The van der Waals surface area contributed by atoms with Crippen LogP contribution in [0.1, 0.15) is 21.7 Å². The van der Waals surface area contributed by atoms with Crippen LogP contribution in [0.2, 0.25) is 0 Å². The third-order valence-electron chi connectivity index (χ3n) is 4.40. The van der Waals surface area contributed by atoms with Crippen molar-refractivity contribution in [3.05, 3.63) is 95.4 Å². The lowest BCUT2D eigenvalue weighted by Gasteiger charge is -2.11. The van der Waals surface area contributed by atoms with Gasteiger partial charge < -0.3 is 9.15 Å². The van der Waals surface area contributed by atoms with Crippen molar-refractivity contribution in [2.75, 3.05) is 0 Å². The van der Waals surface area contributed by atoms with E-state index in [4.69, 9.17) is 9.15 Å². The van der Waals surface area contributed by atoms with Crippen LogP contribution < -0.4 is 10.2 Å². The van der Waals surface area contributed by atoms with Crippen LogP contribution in [0.3, 0.4) is 0 Å². The van der Waals surface area contributed by atoms with Gasteiger partial charge in [0, 0.05) is 14.3 Å². The number of ether oxygens (including phenoxy) is 1. The number of nitrogens with zero attached hydrogens (tertiary/aromatic N) is 1. The van der Waals surface area contributed by atoms with E-state index in [0.717, 1.165) is 34.4 Å².